The first-order valence-corrected chi connectivity index (χ1v) is 8.06. The lowest BCUT2D eigenvalue weighted by Gasteiger charge is -2.28. The van der Waals surface area contributed by atoms with Gasteiger partial charge in [-0.1, -0.05) is 24.6 Å². The van der Waals surface area contributed by atoms with E-state index >= 15 is 0 Å². The summed E-state index contributed by atoms with van der Waals surface area (Å²) in [6.07, 6.45) is 1.18. The van der Waals surface area contributed by atoms with Crippen LogP contribution in [0.15, 0.2) is 12.1 Å². The number of carbonyl (C=O) groups excluding carboxylic acids is 1. The largest absolute Gasteiger partial charge is 0.324 e. The molecule has 0 aliphatic carbocycles. The Morgan fingerprint density at radius 2 is 1.95 bits per heavy atom. The van der Waals surface area contributed by atoms with E-state index in [2.05, 4.69) is 41.5 Å². The Bertz CT molecular complexity index is 524. The third-order valence-corrected chi connectivity index (χ3v) is 4.46. The summed E-state index contributed by atoms with van der Waals surface area (Å²) < 4.78 is 0. The fourth-order valence-electron chi connectivity index (χ4n) is 3.51. The van der Waals surface area contributed by atoms with E-state index in [9.17, 15) is 4.79 Å². The molecule has 1 aromatic rings. The molecule has 0 aromatic heterocycles. The molecule has 0 spiro atoms. The highest BCUT2D eigenvalue weighted by molar-refractivity contribution is 5.93. The van der Waals surface area contributed by atoms with E-state index < -0.39 is 0 Å². The second kappa shape index (κ2) is 6.80. The van der Waals surface area contributed by atoms with E-state index in [1.165, 1.54) is 12.0 Å². The molecule has 0 saturated carbocycles. The fourth-order valence-corrected chi connectivity index (χ4v) is 3.51. The van der Waals surface area contributed by atoms with Crippen LogP contribution in [0.1, 0.15) is 30.0 Å². The van der Waals surface area contributed by atoms with Crippen LogP contribution in [0.5, 0.6) is 0 Å². The first-order valence-electron chi connectivity index (χ1n) is 8.06. The number of hydrogen-bond donors (Lipinski definition) is 2. The first kappa shape index (κ1) is 17.0. The second-order valence-electron chi connectivity index (χ2n) is 7.23. The summed E-state index contributed by atoms with van der Waals surface area (Å²) >= 11 is 0. The number of amides is 1. The Morgan fingerprint density at radius 3 is 2.50 bits per heavy atom. The molecule has 1 aliphatic rings. The Labute approximate surface area is 134 Å². The van der Waals surface area contributed by atoms with Gasteiger partial charge in [0, 0.05) is 18.8 Å². The quantitative estimate of drug-likeness (QED) is 0.878. The first-order chi connectivity index (χ1) is 10.3. The minimum atomic E-state index is 0.0621. The number of nitrogens with zero attached hydrogens (tertiary/aromatic N) is 1. The zero-order valence-corrected chi connectivity index (χ0v) is 14.5. The van der Waals surface area contributed by atoms with E-state index in [1.807, 2.05) is 20.9 Å². The highest BCUT2D eigenvalue weighted by Crippen LogP contribution is 2.25. The van der Waals surface area contributed by atoms with Crippen LogP contribution in [0.25, 0.3) is 0 Å². The molecule has 22 heavy (non-hydrogen) atoms. The SMILES string of the molecule is Cc1cc(C)c(NC(=O)CN(C)CC2(C)CCNC2)c(C)c1. The van der Waals surface area contributed by atoms with Crippen molar-refractivity contribution in [3.8, 4) is 0 Å². The number of aryl methyl sites for hydroxylation is 3. The molecule has 2 N–H and O–H groups in total. The number of nitrogens with one attached hydrogen (secondary N) is 2. The lowest BCUT2D eigenvalue weighted by molar-refractivity contribution is -0.117. The van der Waals surface area contributed by atoms with Gasteiger partial charge in [0.25, 0.3) is 0 Å². The summed E-state index contributed by atoms with van der Waals surface area (Å²) in [5, 5.41) is 6.48. The molecule has 4 heteroatoms. The number of benzene rings is 1. The van der Waals surface area contributed by atoms with Crippen molar-refractivity contribution in [2.75, 3.05) is 38.5 Å². The van der Waals surface area contributed by atoms with Crippen molar-refractivity contribution in [3.05, 3.63) is 28.8 Å². The maximum Gasteiger partial charge on any atom is 0.238 e. The summed E-state index contributed by atoms with van der Waals surface area (Å²) in [5.74, 6) is 0.0621. The standard InChI is InChI=1S/C18H29N3O/c1-13-8-14(2)17(15(3)9-13)20-16(22)10-21(5)12-18(4)6-7-19-11-18/h8-9,19H,6-7,10-12H2,1-5H3,(H,20,22). The minimum Gasteiger partial charge on any atom is -0.324 e. The van der Waals surface area contributed by atoms with Gasteiger partial charge in [0.05, 0.1) is 6.54 Å². The minimum absolute atomic E-state index is 0.0621. The molecule has 0 radical (unpaired) electrons. The second-order valence-corrected chi connectivity index (χ2v) is 7.23. The van der Waals surface area contributed by atoms with E-state index in [0.717, 1.165) is 36.4 Å². The van der Waals surface area contributed by atoms with Gasteiger partial charge >= 0.3 is 0 Å². The molecule has 1 unspecified atom stereocenters. The van der Waals surface area contributed by atoms with Gasteiger partial charge in [0.15, 0.2) is 0 Å². The van der Waals surface area contributed by atoms with Crippen LogP contribution in [0, 0.1) is 26.2 Å². The van der Waals surface area contributed by atoms with Crippen LogP contribution in [-0.4, -0.2) is 44.0 Å². The normalized spacial score (nSPS) is 21.4. The van der Waals surface area contributed by atoms with Crippen LogP contribution < -0.4 is 10.6 Å². The summed E-state index contributed by atoms with van der Waals surface area (Å²) in [5.41, 5.74) is 4.72. The molecular weight excluding hydrogens is 274 g/mol. The lowest BCUT2D eigenvalue weighted by Crippen LogP contribution is -2.39. The van der Waals surface area contributed by atoms with Crippen molar-refractivity contribution >= 4 is 11.6 Å². The fraction of sp³-hybridized carbons (Fsp3) is 0.611. The zero-order valence-electron chi connectivity index (χ0n) is 14.5. The number of carbonyl (C=O) groups is 1. The Kier molecular flexibility index (Phi) is 5.24. The monoisotopic (exact) mass is 303 g/mol. The van der Waals surface area contributed by atoms with E-state index in [4.69, 9.17) is 0 Å². The van der Waals surface area contributed by atoms with Crippen molar-refractivity contribution in [2.24, 2.45) is 5.41 Å². The molecule has 1 aromatic carbocycles. The molecule has 0 bridgehead atoms. The van der Waals surface area contributed by atoms with Crippen molar-refractivity contribution in [1.82, 2.24) is 10.2 Å². The van der Waals surface area contributed by atoms with Gasteiger partial charge in [0.1, 0.15) is 0 Å². The summed E-state index contributed by atoms with van der Waals surface area (Å²) in [6.45, 7) is 12.0. The van der Waals surface area contributed by atoms with Crippen molar-refractivity contribution in [3.63, 3.8) is 0 Å². The number of likely N-dealkylation sites (N-methyl/N-ethyl adjacent to an activating group) is 1. The average molecular weight is 303 g/mol. The van der Waals surface area contributed by atoms with Gasteiger partial charge in [-0.3, -0.25) is 9.69 Å². The van der Waals surface area contributed by atoms with Gasteiger partial charge in [-0.15, -0.1) is 0 Å². The smallest absolute Gasteiger partial charge is 0.238 e. The van der Waals surface area contributed by atoms with E-state index in [0.29, 0.717) is 6.54 Å². The number of anilines is 1. The Balaban J connectivity index is 1.93. The van der Waals surface area contributed by atoms with Crippen LogP contribution in [0.2, 0.25) is 0 Å². The van der Waals surface area contributed by atoms with Crippen molar-refractivity contribution < 1.29 is 4.79 Å². The number of rotatable bonds is 5. The van der Waals surface area contributed by atoms with Gasteiger partial charge in [-0.25, -0.2) is 0 Å². The molecule has 1 saturated heterocycles. The topological polar surface area (TPSA) is 44.4 Å². The van der Waals surface area contributed by atoms with Gasteiger partial charge in [-0.2, -0.15) is 0 Å². The molecule has 1 atom stereocenters. The predicted molar refractivity (Wildman–Crippen MR) is 92.4 cm³/mol. The average Bonchev–Trinajstić information content (AvgIpc) is 2.79. The lowest BCUT2D eigenvalue weighted by atomic mass is 9.89. The Morgan fingerprint density at radius 1 is 1.32 bits per heavy atom. The molecule has 4 nitrogen and oxygen atoms in total. The summed E-state index contributed by atoms with van der Waals surface area (Å²) in [7, 11) is 2.03. The molecule has 1 fully saturated rings. The highest BCUT2D eigenvalue weighted by Gasteiger charge is 2.30. The maximum absolute atomic E-state index is 12.3. The summed E-state index contributed by atoms with van der Waals surface area (Å²) in [6, 6.07) is 4.22. The third kappa shape index (κ3) is 4.31. The van der Waals surface area contributed by atoms with Crippen LogP contribution in [-0.2, 0) is 4.79 Å². The summed E-state index contributed by atoms with van der Waals surface area (Å²) in [4.78, 5) is 14.4. The Hall–Kier alpha value is -1.39. The van der Waals surface area contributed by atoms with Crippen LogP contribution in [0.4, 0.5) is 5.69 Å². The van der Waals surface area contributed by atoms with Crippen LogP contribution >= 0.6 is 0 Å². The van der Waals surface area contributed by atoms with E-state index in [-0.39, 0.29) is 11.3 Å². The van der Waals surface area contributed by atoms with Gasteiger partial charge < -0.3 is 10.6 Å². The van der Waals surface area contributed by atoms with Crippen molar-refractivity contribution in [1.29, 1.82) is 0 Å². The van der Waals surface area contributed by atoms with Gasteiger partial charge in [-0.05, 0) is 57.3 Å². The van der Waals surface area contributed by atoms with Crippen molar-refractivity contribution in [2.45, 2.75) is 34.1 Å². The molecule has 1 aliphatic heterocycles. The molecular formula is C18H29N3O. The third-order valence-electron chi connectivity index (χ3n) is 4.46. The highest BCUT2D eigenvalue weighted by atomic mass is 16.2. The van der Waals surface area contributed by atoms with E-state index in [1.54, 1.807) is 0 Å². The maximum atomic E-state index is 12.3. The predicted octanol–water partition coefficient (Wildman–Crippen LogP) is 2.48. The number of hydrogen-bond acceptors (Lipinski definition) is 3. The van der Waals surface area contributed by atoms with Gasteiger partial charge in [0.2, 0.25) is 5.91 Å². The zero-order chi connectivity index (χ0) is 16.3. The van der Waals surface area contributed by atoms with Crippen LogP contribution in [0.3, 0.4) is 0 Å². The molecule has 122 valence electrons. The molecule has 2 rings (SSSR count). The molecule has 1 heterocycles. The molecule has 1 amide bonds.